The number of ether oxygens (including phenoxy) is 2. The van der Waals surface area contributed by atoms with Crippen LogP contribution in [0.5, 0.6) is 0 Å². The number of carboxylic acids is 1. The van der Waals surface area contributed by atoms with Crippen LogP contribution in [-0.2, 0) is 16.0 Å². The van der Waals surface area contributed by atoms with Gasteiger partial charge in [0.15, 0.2) is 0 Å². The molecule has 0 aliphatic carbocycles. The van der Waals surface area contributed by atoms with Gasteiger partial charge in [0.1, 0.15) is 5.69 Å². The molecule has 1 atom stereocenters. The Kier molecular flexibility index (Phi) is 3.82. The summed E-state index contributed by atoms with van der Waals surface area (Å²) in [4.78, 5) is 11.0. The number of aromatic carboxylic acids is 1. The second-order valence-electron chi connectivity index (χ2n) is 3.57. The smallest absolute Gasteiger partial charge is 0.352 e. The normalized spacial score (nSPS) is 20.9. The zero-order valence-corrected chi connectivity index (χ0v) is 10.7. The molecule has 6 heteroatoms. The Morgan fingerprint density at radius 3 is 3.06 bits per heavy atom. The van der Waals surface area contributed by atoms with Gasteiger partial charge in [0, 0.05) is 9.77 Å². The lowest BCUT2D eigenvalue weighted by Gasteiger charge is -2.23. The van der Waals surface area contributed by atoms with E-state index >= 15 is 0 Å². The summed E-state index contributed by atoms with van der Waals surface area (Å²) in [5, 5.41) is 9.01. The molecule has 1 aliphatic rings. The minimum Gasteiger partial charge on any atom is -0.477 e. The van der Waals surface area contributed by atoms with Gasteiger partial charge in [-0.15, -0.1) is 0 Å². The van der Waals surface area contributed by atoms with Gasteiger partial charge in [-0.25, -0.2) is 4.79 Å². The van der Waals surface area contributed by atoms with E-state index in [2.05, 4.69) is 22.6 Å². The highest BCUT2D eigenvalue weighted by atomic mass is 127. The number of halogens is 1. The molecule has 0 radical (unpaired) electrons. The highest BCUT2D eigenvalue weighted by Gasteiger charge is 2.18. The van der Waals surface area contributed by atoms with Crippen molar-refractivity contribution in [2.24, 2.45) is 0 Å². The van der Waals surface area contributed by atoms with Crippen LogP contribution >= 0.6 is 22.6 Å². The molecule has 16 heavy (non-hydrogen) atoms. The Bertz CT molecular complexity index is 384. The number of rotatable bonds is 3. The summed E-state index contributed by atoms with van der Waals surface area (Å²) >= 11 is 2.10. The van der Waals surface area contributed by atoms with Gasteiger partial charge >= 0.3 is 5.97 Å². The summed E-state index contributed by atoms with van der Waals surface area (Å²) in [6.07, 6.45) is 1.75. The van der Waals surface area contributed by atoms with Crippen molar-refractivity contribution < 1.29 is 19.4 Å². The van der Waals surface area contributed by atoms with Crippen LogP contribution in [-0.4, -0.2) is 41.6 Å². The SMILES string of the molecule is O=C(O)c1cc(I)cn1CC1COCCO1. The molecular formula is C10H12INO4. The molecular weight excluding hydrogens is 325 g/mol. The van der Waals surface area contributed by atoms with Crippen LogP contribution in [0.2, 0.25) is 0 Å². The number of aromatic nitrogens is 1. The lowest BCUT2D eigenvalue weighted by atomic mass is 10.3. The molecule has 0 saturated carbocycles. The van der Waals surface area contributed by atoms with E-state index in [9.17, 15) is 4.79 Å². The molecule has 1 saturated heterocycles. The molecule has 1 aromatic heterocycles. The Labute approximate surface area is 106 Å². The summed E-state index contributed by atoms with van der Waals surface area (Å²) in [5.41, 5.74) is 0.290. The van der Waals surface area contributed by atoms with E-state index in [0.29, 0.717) is 32.1 Å². The Morgan fingerprint density at radius 2 is 2.44 bits per heavy atom. The Morgan fingerprint density at radius 1 is 1.62 bits per heavy atom. The summed E-state index contributed by atoms with van der Waals surface area (Å²) in [6.45, 7) is 2.23. The molecule has 1 N–H and O–H groups in total. The van der Waals surface area contributed by atoms with E-state index in [4.69, 9.17) is 14.6 Å². The van der Waals surface area contributed by atoms with E-state index in [-0.39, 0.29) is 6.10 Å². The second kappa shape index (κ2) is 5.15. The minimum absolute atomic E-state index is 0.0601. The first-order valence-corrected chi connectivity index (χ1v) is 6.03. The second-order valence-corrected chi connectivity index (χ2v) is 4.81. The summed E-state index contributed by atoms with van der Waals surface area (Å²) in [5.74, 6) is -0.917. The average molecular weight is 337 g/mol. The first-order valence-electron chi connectivity index (χ1n) is 4.95. The Hall–Kier alpha value is -0.600. The summed E-state index contributed by atoms with van der Waals surface area (Å²) in [7, 11) is 0. The topological polar surface area (TPSA) is 60.7 Å². The van der Waals surface area contributed by atoms with Crippen molar-refractivity contribution in [3.63, 3.8) is 0 Å². The van der Waals surface area contributed by atoms with Gasteiger partial charge in [0.05, 0.1) is 32.5 Å². The van der Waals surface area contributed by atoms with Gasteiger partial charge in [-0.2, -0.15) is 0 Å². The van der Waals surface area contributed by atoms with Crippen molar-refractivity contribution in [2.75, 3.05) is 19.8 Å². The molecule has 1 fully saturated rings. The number of hydrogen-bond acceptors (Lipinski definition) is 3. The predicted molar refractivity (Wildman–Crippen MR) is 64.7 cm³/mol. The maximum Gasteiger partial charge on any atom is 0.352 e. The van der Waals surface area contributed by atoms with E-state index in [0.717, 1.165) is 3.57 Å². The van der Waals surface area contributed by atoms with Gasteiger partial charge in [-0.3, -0.25) is 0 Å². The van der Waals surface area contributed by atoms with Crippen LogP contribution < -0.4 is 0 Å². The fourth-order valence-corrected chi connectivity index (χ4v) is 2.30. The largest absolute Gasteiger partial charge is 0.477 e. The van der Waals surface area contributed by atoms with Crippen molar-refractivity contribution in [3.8, 4) is 0 Å². The molecule has 0 amide bonds. The third-order valence-electron chi connectivity index (χ3n) is 2.37. The third kappa shape index (κ3) is 2.74. The van der Waals surface area contributed by atoms with Gasteiger partial charge in [0.25, 0.3) is 0 Å². The maximum absolute atomic E-state index is 11.0. The molecule has 2 rings (SSSR count). The fraction of sp³-hybridized carbons (Fsp3) is 0.500. The van der Waals surface area contributed by atoms with Gasteiger partial charge < -0.3 is 19.1 Å². The van der Waals surface area contributed by atoms with Crippen LogP contribution in [0.3, 0.4) is 0 Å². The van der Waals surface area contributed by atoms with Crippen molar-refractivity contribution in [2.45, 2.75) is 12.6 Å². The van der Waals surface area contributed by atoms with Crippen LogP contribution in [0.1, 0.15) is 10.5 Å². The first-order chi connectivity index (χ1) is 7.66. The molecule has 5 nitrogen and oxygen atoms in total. The molecule has 1 aliphatic heterocycles. The van der Waals surface area contributed by atoms with Crippen LogP contribution in [0.15, 0.2) is 12.3 Å². The van der Waals surface area contributed by atoms with Gasteiger partial charge in [-0.05, 0) is 28.7 Å². The maximum atomic E-state index is 11.0. The van der Waals surface area contributed by atoms with Crippen molar-refractivity contribution in [3.05, 3.63) is 21.5 Å². The lowest BCUT2D eigenvalue weighted by Crippen LogP contribution is -2.32. The molecule has 88 valence electrons. The van der Waals surface area contributed by atoms with Gasteiger partial charge in [-0.1, -0.05) is 0 Å². The number of nitrogens with zero attached hydrogens (tertiary/aromatic N) is 1. The van der Waals surface area contributed by atoms with Crippen LogP contribution in [0, 0.1) is 3.57 Å². The van der Waals surface area contributed by atoms with Gasteiger partial charge in [0.2, 0.25) is 0 Å². The van der Waals surface area contributed by atoms with Crippen LogP contribution in [0.4, 0.5) is 0 Å². The molecule has 0 aromatic carbocycles. The zero-order chi connectivity index (χ0) is 11.5. The zero-order valence-electron chi connectivity index (χ0n) is 8.56. The van der Waals surface area contributed by atoms with E-state index in [1.165, 1.54) is 0 Å². The van der Waals surface area contributed by atoms with Crippen molar-refractivity contribution in [1.82, 2.24) is 4.57 Å². The van der Waals surface area contributed by atoms with E-state index < -0.39 is 5.97 Å². The first kappa shape index (κ1) is 11.9. The number of carboxylic acid groups (broad SMARTS) is 1. The van der Waals surface area contributed by atoms with Crippen molar-refractivity contribution >= 4 is 28.6 Å². The lowest BCUT2D eigenvalue weighted by molar-refractivity contribution is -0.0937. The summed E-state index contributed by atoms with van der Waals surface area (Å²) in [6, 6.07) is 1.65. The third-order valence-corrected chi connectivity index (χ3v) is 2.96. The number of carbonyl (C=O) groups is 1. The van der Waals surface area contributed by atoms with Crippen molar-refractivity contribution in [1.29, 1.82) is 0 Å². The number of hydrogen-bond donors (Lipinski definition) is 1. The molecule has 2 heterocycles. The monoisotopic (exact) mass is 337 g/mol. The molecule has 1 unspecified atom stereocenters. The average Bonchev–Trinajstić information content (AvgIpc) is 2.61. The molecule has 1 aromatic rings. The minimum atomic E-state index is -0.917. The highest BCUT2D eigenvalue weighted by molar-refractivity contribution is 14.1. The van der Waals surface area contributed by atoms with E-state index in [1.807, 2.05) is 6.20 Å². The highest BCUT2D eigenvalue weighted by Crippen LogP contribution is 2.14. The fourth-order valence-electron chi connectivity index (χ4n) is 1.67. The van der Waals surface area contributed by atoms with E-state index in [1.54, 1.807) is 10.6 Å². The Balaban J connectivity index is 2.10. The predicted octanol–water partition coefficient (Wildman–Crippen LogP) is 1.21. The molecule has 0 bridgehead atoms. The quantitative estimate of drug-likeness (QED) is 0.843. The van der Waals surface area contributed by atoms with Crippen LogP contribution in [0.25, 0.3) is 0 Å². The molecule has 0 spiro atoms. The summed E-state index contributed by atoms with van der Waals surface area (Å²) < 4.78 is 13.4. The standard InChI is InChI=1S/C10H12INO4/c11-7-3-9(10(13)14)12(4-7)5-8-6-15-1-2-16-8/h3-4,8H,1-2,5-6H2,(H,13,14).